The number of rotatable bonds is 5. The van der Waals surface area contributed by atoms with Crippen LogP contribution in [0.25, 0.3) is 0 Å². The Morgan fingerprint density at radius 2 is 1.92 bits per heavy atom. The van der Waals surface area contributed by atoms with E-state index in [9.17, 15) is 9.59 Å². The number of hydrogen-bond donors (Lipinski definition) is 1. The fourth-order valence-electron chi connectivity index (χ4n) is 2.97. The van der Waals surface area contributed by atoms with E-state index in [0.717, 1.165) is 24.8 Å². The van der Waals surface area contributed by atoms with E-state index >= 15 is 0 Å². The second kappa shape index (κ2) is 7.63. The summed E-state index contributed by atoms with van der Waals surface area (Å²) in [6, 6.07) is 14.7. The van der Waals surface area contributed by atoms with Crippen LogP contribution in [0.3, 0.4) is 0 Å². The van der Waals surface area contributed by atoms with Crippen LogP contribution in [0.15, 0.2) is 42.5 Å². The van der Waals surface area contributed by atoms with Gasteiger partial charge < -0.3 is 10.1 Å². The van der Waals surface area contributed by atoms with Gasteiger partial charge in [-0.2, -0.15) is 5.26 Å². The average Bonchev–Trinajstić information content (AvgIpc) is 3.08. The molecule has 1 aliphatic rings. The van der Waals surface area contributed by atoms with Crippen LogP contribution in [0.4, 0.5) is 5.69 Å². The molecule has 0 fully saturated rings. The molecule has 3 rings (SSSR count). The Morgan fingerprint density at radius 1 is 1.12 bits per heavy atom. The van der Waals surface area contributed by atoms with Gasteiger partial charge in [-0.3, -0.25) is 9.59 Å². The highest BCUT2D eigenvalue weighted by atomic mass is 16.5. The summed E-state index contributed by atoms with van der Waals surface area (Å²) in [6.45, 7) is -0.371. The fraction of sp³-hybridized carbons (Fsp3) is 0.250. The second-order valence-corrected chi connectivity index (χ2v) is 6.00. The van der Waals surface area contributed by atoms with Gasteiger partial charge in [0.25, 0.3) is 5.91 Å². The zero-order chi connectivity index (χ0) is 17.6. The number of carbonyl (C=O) groups excluding carboxylic acids is 2. The van der Waals surface area contributed by atoms with Gasteiger partial charge in [-0.05, 0) is 48.1 Å². The van der Waals surface area contributed by atoms with Crippen LogP contribution in [-0.4, -0.2) is 18.5 Å². The predicted molar refractivity (Wildman–Crippen MR) is 92.9 cm³/mol. The number of fused-ring (bicyclic) bond motifs is 1. The molecule has 0 unspecified atom stereocenters. The molecule has 1 aliphatic carbocycles. The minimum absolute atomic E-state index is 0.148. The molecule has 0 aromatic heterocycles. The summed E-state index contributed by atoms with van der Waals surface area (Å²) in [5.41, 5.74) is 4.33. The van der Waals surface area contributed by atoms with E-state index in [-0.39, 0.29) is 13.0 Å². The van der Waals surface area contributed by atoms with Gasteiger partial charge in [0.2, 0.25) is 0 Å². The van der Waals surface area contributed by atoms with Crippen molar-refractivity contribution in [2.24, 2.45) is 0 Å². The number of para-hydroxylation sites is 1. The molecule has 0 radical (unpaired) electrons. The lowest BCUT2D eigenvalue weighted by molar-refractivity contribution is -0.146. The van der Waals surface area contributed by atoms with E-state index in [1.54, 1.807) is 24.3 Å². The standard InChI is InChI=1S/C20H18N2O3/c21-12-17-4-1-2-7-18(17)22-19(23)13-25-20(24)11-14-8-9-15-5-3-6-16(15)10-14/h1-2,4,7-10H,3,5-6,11,13H2,(H,22,23). The molecule has 0 saturated heterocycles. The summed E-state index contributed by atoms with van der Waals surface area (Å²) in [6.07, 6.45) is 3.46. The summed E-state index contributed by atoms with van der Waals surface area (Å²) in [5, 5.41) is 11.6. The first-order valence-corrected chi connectivity index (χ1v) is 8.21. The number of amides is 1. The largest absolute Gasteiger partial charge is 0.455 e. The number of nitriles is 1. The van der Waals surface area contributed by atoms with Gasteiger partial charge in [-0.25, -0.2) is 0 Å². The van der Waals surface area contributed by atoms with Crippen molar-refractivity contribution in [3.8, 4) is 6.07 Å². The maximum absolute atomic E-state index is 11.9. The van der Waals surface area contributed by atoms with Crippen LogP contribution in [0.1, 0.15) is 28.7 Å². The van der Waals surface area contributed by atoms with E-state index in [0.29, 0.717) is 11.3 Å². The number of carbonyl (C=O) groups is 2. The predicted octanol–water partition coefficient (Wildman–Crippen LogP) is 2.77. The van der Waals surface area contributed by atoms with Gasteiger partial charge in [0.15, 0.2) is 6.61 Å². The summed E-state index contributed by atoms with van der Waals surface area (Å²) in [7, 11) is 0. The maximum Gasteiger partial charge on any atom is 0.310 e. The number of hydrogen-bond acceptors (Lipinski definition) is 4. The normalized spacial score (nSPS) is 12.1. The lowest BCUT2D eigenvalue weighted by Gasteiger charge is -2.08. The van der Waals surface area contributed by atoms with Gasteiger partial charge in [0.1, 0.15) is 6.07 Å². The average molecular weight is 334 g/mol. The van der Waals surface area contributed by atoms with Gasteiger partial charge in [-0.1, -0.05) is 30.3 Å². The molecule has 0 atom stereocenters. The van der Waals surface area contributed by atoms with Crippen molar-refractivity contribution in [2.75, 3.05) is 11.9 Å². The minimum Gasteiger partial charge on any atom is -0.455 e. The van der Waals surface area contributed by atoms with E-state index in [1.807, 2.05) is 18.2 Å². The third-order valence-electron chi connectivity index (χ3n) is 4.20. The Bertz CT molecular complexity index is 852. The van der Waals surface area contributed by atoms with Crippen molar-refractivity contribution in [2.45, 2.75) is 25.7 Å². The quantitative estimate of drug-likeness (QED) is 0.853. The van der Waals surface area contributed by atoms with E-state index in [1.165, 1.54) is 11.1 Å². The first-order valence-electron chi connectivity index (χ1n) is 8.21. The molecule has 0 aliphatic heterocycles. The van der Waals surface area contributed by atoms with Gasteiger partial charge in [0, 0.05) is 0 Å². The molecular formula is C20H18N2O3. The van der Waals surface area contributed by atoms with E-state index in [4.69, 9.17) is 10.00 Å². The summed E-state index contributed by atoms with van der Waals surface area (Å²) in [5.74, 6) is -0.910. The first-order chi connectivity index (χ1) is 12.2. The topological polar surface area (TPSA) is 79.2 Å². The molecule has 0 heterocycles. The van der Waals surface area contributed by atoms with Crippen molar-refractivity contribution in [3.05, 3.63) is 64.7 Å². The molecule has 2 aromatic rings. The minimum atomic E-state index is -0.468. The summed E-state index contributed by atoms with van der Waals surface area (Å²) < 4.78 is 5.04. The molecule has 126 valence electrons. The maximum atomic E-state index is 11.9. The van der Waals surface area contributed by atoms with Gasteiger partial charge in [0.05, 0.1) is 17.7 Å². The Kier molecular flexibility index (Phi) is 5.10. The lowest BCUT2D eigenvalue weighted by atomic mass is 10.0. The van der Waals surface area contributed by atoms with Gasteiger partial charge in [-0.15, -0.1) is 0 Å². The zero-order valence-corrected chi connectivity index (χ0v) is 13.7. The first kappa shape index (κ1) is 16.7. The highest BCUT2D eigenvalue weighted by molar-refractivity contribution is 5.94. The number of aryl methyl sites for hydroxylation is 2. The number of nitrogens with one attached hydrogen (secondary N) is 1. The van der Waals surface area contributed by atoms with Crippen LogP contribution in [0, 0.1) is 11.3 Å². The fourth-order valence-corrected chi connectivity index (χ4v) is 2.97. The monoisotopic (exact) mass is 334 g/mol. The van der Waals surface area contributed by atoms with Crippen molar-refractivity contribution in [1.29, 1.82) is 5.26 Å². The Hall–Kier alpha value is -3.13. The SMILES string of the molecule is N#Cc1ccccc1NC(=O)COC(=O)Cc1ccc2c(c1)CCC2. The highest BCUT2D eigenvalue weighted by Crippen LogP contribution is 2.23. The molecule has 2 aromatic carbocycles. The van der Waals surface area contributed by atoms with E-state index < -0.39 is 11.9 Å². The Morgan fingerprint density at radius 3 is 2.76 bits per heavy atom. The Balaban J connectivity index is 1.50. The number of ether oxygens (including phenoxy) is 1. The van der Waals surface area contributed by atoms with Crippen LogP contribution in [-0.2, 0) is 33.6 Å². The molecule has 0 saturated carbocycles. The van der Waals surface area contributed by atoms with Crippen molar-refractivity contribution in [1.82, 2.24) is 0 Å². The van der Waals surface area contributed by atoms with Gasteiger partial charge >= 0.3 is 5.97 Å². The summed E-state index contributed by atoms with van der Waals surface area (Å²) in [4.78, 5) is 23.8. The van der Waals surface area contributed by atoms with Crippen molar-refractivity contribution >= 4 is 17.6 Å². The van der Waals surface area contributed by atoms with Crippen molar-refractivity contribution < 1.29 is 14.3 Å². The number of esters is 1. The third kappa shape index (κ3) is 4.24. The Labute approximate surface area is 146 Å². The second-order valence-electron chi connectivity index (χ2n) is 6.00. The molecule has 0 spiro atoms. The van der Waals surface area contributed by atoms with Crippen LogP contribution in [0.5, 0.6) is 0 Å². The van der Waals surface area contributed by atoms with Crippen LogP contribution in [0.2, 0.25) is 0 Å². The van der Waals surface area contributed by atoms with Crippen molar-refractivity contribution in [3.63, 3.8) is 0 Å². The summed E-state index contributed by atoms with van der Waals surface area (Å²) >= 11 is 0. The molecule has 25 heavy (non-hydrogen) atoms. The number of anilines is 1. The molecular weight excluding hydrogens is 316 g/mol. The molecule has 5 nitrogen and oxygen atoms in total. The van der Waals surface area contributed by atoms with E-state index in [2.05, 4.69) is 11.4 Å². The van der Waals surface area contributed by atoms with Crippen LogP contribution < -0.4 is 5.32 Å². The number of benzene rings is 2. The lowest BCUT2D eigenvalue weighted by Crippen LogP contribution is -2.22. The number of nitrogens with zero attached hydrogens (tertiary/aromatic N) is 1. The molecule has 0 bridgehead atoms. The smallest absolute Gasteiger partial charge is 0.310 e. The molecule has 5 heteroatoms. The highest BCUT2D eigenvalue weighted by Gasteiger charge is 2.14. The molecule has 1 N–H and O–H groups in total. The molecule has 1 amide bonds. The third-order valence-corrected chi connectivity index (χ3v) is 4.20. The van der Waals surface area contributed by atoms with Crippen LogP contribution >= 0.6 is 0 Å². The zero-order valence-electron chi connectivity index (χ0n) is 13.7.